The lowest BCUT2D eigenvalue weighted by Gasteiger charge is -2.30. The summed E-state index contributed by atoms with van der Waals surface area (Å²) in [6.07, 6.45) is 2.11. The van der Waals surface area contributed by atoms with Crippen molar-refractivity contribution < 1.29 is 13.2 Å². The SMILES string of the molecule is O=S1(=O)CCC(Nc2nncc(Nc3ccccc3N3CCOCC3)n2)C1. The molecular weight excluding hydrogens is 368 g/mol. The Kier molecular flexibility index (Phi) is 5.08. The second kappa shape index (κ2) is 7.65. The Bertz CT molecular complexity index is 901. The van der Waals surface area contributed by atoms with E-state index in [-0.39, 0.29) is 17.5 Å². The van der Waals surface area contributed by atoms with Crippen molar-refractivity contribution in [2.45, 2.75) is 12.5 Å². The van der Waals surface area contributed by atoms with Crippen molar-refractivity contribution in [3.63, 3.8) is 0 Å². The molecule has 4 rings (SSSR count). The minimum absolute atomic E-state index is 0.105. The smallest absolute Gasteiger partial charge is 0.244 e. The van der Waals surface area contributed by atoms with Gasteiger partial charge in [-0.15, -0.1) is 5.10 Å². The van der Waals surface area contributed by atoms with Gasteiger partial charge in [-0.2, -0.15) is 10.1 Å². The van der Waals surface area contributed by atoms with Crippen molar-refractivity contribution in [3.05, 3.63) is 30.5 Å². The summed E-state index contributed by atoms with van der Waals surface area (Å²) in [5, 5.41) is 14.3. The average molecular weight is 390 g/mol. The van der Waals surface area contributed by atoms with Crippen LogP contribution in [0, 0.1) is 0 Å². The van der Waals surface area contributed by atoms with Crippen LogP contribution in [0.2, 0.25) is 0 Å². The molecule has 27 heavy (non-hydrogen) atoms. The number of rotatable bonds is 5. The summed E-state index contributed by atoms with van der Waals surface area (Å²) >= 11 is 0. The zero-order chi connectivity index (χ0) is 18.7. The summed E-state index contributed by atoms with van der Waals surface area (Å²) in [7, 11) is -2.96. The molecule has 1 aromatic heterocycles. The van der Waals surface area contributed by atoms with Gasteiger partial charge in [-0.25, -0.2) is 8.42 Å². The second-order valence-electron chi connectivity index (χ2n) is 6.65. The van der Waals surface area contributed by atoms with E-state index >= 15 is 0 Å². The van der Waals surface area contributed by atoms with Gasteiger partial charge in [0.15, 0.2) is 15.7 Å². The Morgan fingerprint density at radius 3 is 2.78 bits per heavy atom. The maximum Gasteiger partial charge on any atom is 0.244 e. The molecule has 2 aromatic rings. The van der Waals surface area contributed by atoms with Crippen molar-refractivity contribution in [1.29, 1.82) is 0 Å². The standard InChI is InChI=1S/C17H22N6O3S/c24-27(25)10-5-13(12-27)19-17-21-16(11-18-22-17)20-14-3-1-2-4-15(14)23-6-8-26-9-7-23/h1-4,11,13H,5-10,12H2,(H2,19,20,21,22). The van der Waals surface area contributed by atoms with E-state index in [1.165, 1.54) is 0 Å². The molecule has 3 heterocycles. The van der Waals surface area contributed by atoms with Crippen LogP contribution in [-0.4, -0.2) is 67.4 Å². The summed E-state index contributed by atoms with van der Waals surface area (Å²) < 4.78 is 28.6. The van der Waals surface area contributed by atoms with Gasteiger partial charge in [0.05, 0.1) is 42.3 Å². The Hall–Kier alpha value is -2.46. The highest BCUT2D eigenvalue weighted by Crippen LogP contribution is 2.28. The summed E-state index contributed by atoms with van der Waals surface area (Å²) in [6.45, 7) is 3.09. The predicted octanol–water partition coefficient (Wildman–Crippen LogP) is 1.05. The molecule has 0 amide bonds. The van der Waals surface area contributed by atoms with Gasteiger partial charge >= 0.3 is 0 Å². The molecule has 144 valence electrons. The molecule has 2 fully saturated rings. The van der Waals surface area contributed by atoms with Gasteiger partial charge in [0, 0.05) is 19.1 Å². The third-order valence-electron chi connectivity index (χ3n) is 4.64. The number of ether oxygens (including phenoxy) is 1. The van der Waals surface area contributed by atoms with Crippen LogP contribution in [0.3, 0.4) is 0 Å². The fourth-order valence-corrected chi connectivity index (χ4v) is 4.99. The van der Waals surface area contributed by atoms with E-state index in [4.69, 9.17) is 4.74 Å². The minimum atomic E-state index is -2.96. The minimum Gasteiger partial charge on any atom is -0.378 e. The number of para-hydroxylation sites is 2. The number of sulfone groups is 1. The number of aromatic nitrogens is 3. The fraction of sp³-hybridized carbons (Fsp3) is 0.471. The molecular formula is C17H22N6O3S. The van der Waals surface area contributed by atoms with E-state index < -0.39 is 9.84 Å². The zero-order valence-electron chi connectivity index (χ0n) is 14.8. The van der Waals surface area contributed by atoms with Gasteiger partial charge in [-0.3, -0.25) is 0 Å². The molecule has 0 radical (unpaired) electrons. The van der Waals surface area contributed by atoms with E-state index in [9.17, 15) is 8.42 Å². The number of morpholine rings is 1. The molecule has 1 atom stereocenters. The van der Waals surface area contributed by atoms with Gasteiger partial charge in [-0.1, -0.05) is 12.1 Å². The molecule has 2 N–H and O–H groups in total. The Labute approximate surface area is 158 Å². The summed E-state index contributed by atoms with van der Waals surface area (Å²) in [5.74, 6) is 1.18. The highest BCUT2D eigenvalue weighted by molar-refractivity contribution is 7.91. The number of nitrogens with one attached hydrogen (secondary N) is 2. The fourth-order valence-electron chi connectivity index (χ4n) is 3.31. The van der Waals surface area contributed by atoms with Crippen LogP contribution < -0.4 is 15.5 Å². The van der Waals surface area contributed by atoms with Crippen molar-refractivity contribution in [3.8, 4) is 0 Å². The first-order valence-electron chi connectivity index (χ1n) is 8.94. The van der Waals surface area contributed by atoms with Crippen LogP contribution in [0.15, 0.2) is 30.5 Å². The van der Waals surface area contributed by atoms with Crippen LogP contribution >= 0.6 is 0 Å². The first kappa shape index (κ1) is 17.9. The van der Waals surface area contributed by atoms with E-state index in [0.717, 1.165) is 24.5 Å². The summed E-state index contributed by atoms with van der Waals surface area (Å²) in [6, 6.07) is 7.84. The molecule has 0 saturated carbocycles. The maximum absolute atomic E-state index is 11.6. The van der Waals surface area contributed by atoms with Crippen LogP contribution in [0.1, 0.15) is 6.42 Å². The molecule has 2 saturated heterocycles. The van der Waals surface area contributed by atoms with Crippen LogP contribution in [-0.2, 0) is 14.6 Å². The monoisotopic (exact) mass is 390 g/mol. The van der Waals surface area contributed by atoms with Crippen molar-refractivity contribution in [1.82, 2.24) is 15.2 Å². The third-order valence-corrected chi connectivity index (χ3v) is 6.41. The molecule has 1 unspecified atom stereocenters. The predicted molar refractivity (Wildman–Crippen MR) is 103 cm³/mol. The van der Waals surface area contributed by atoms with Crippen molar-refractivity contribution in [2.24, 2.45) is 0 Å². The topological polar surface area (TPSA) is 109 Å². The molecule has 0 aliphatic carbocycles. The lowest BCUT2D eigenvalue weighted by Crippen LogP contribution is -2.36. The van der Waals surface area contributed by atoms with E-state index in [0.29, 0.717) is 31.4 Å². The maximum atomic E-state index is 11.6. The highest BCUT2D eigenvalue weighted by atomic mass is 32.2. The van der Waals surface area contributed by atoms with Gasteiger partial charge in [0.25, 0.3) is 0 Å². The van der Waals surface area contributed by atoms with Gasteiger partial charge in [0.2, 0.25) is 5.95 Å². The number of nitrogens with zero attached hydrogens (tertiary/aromatic N) is 4. The van der Waals surface area contributed by atoms with E-state index in [1.54, 1.807) is 6.20 Å². The molecule has 10 heteroatoms. The normalized spacial score (nSPS) is 21.8. The van der Waals surface area contributed by atoms with Gasteiger partial charge in [0.1, 0.15) is 0 Å². The number of anilines is 4. The highest BCUT2D eigenvalue weighted by Gasteiger charge is 2.28. The molecule has 9 nitrogen and oxygen atoms in total. The number of hydrogen-bond donors (Lipinski definition) is 2. The van der Waals surface area contributed by atoms with E-state index in [2.05, 4.69) is 36.8 Å². The molecule has 0 bridgehead atoms. The average Bonchev–Trinajstić information content (AvgIpc) is 3.01. The molecule has 1 aromatic carbocycles. The Morgan fingerprint density at radius 1 is 1.19 bits per heavy atom. The first-order valence-corrected chi connectivity index (χ1v) is 10.8. The second-order valence-corrected chi connectivity index (χ2v) is 8.88. The van der Waals surface area contributed by atoms with Gasteiger partial charge in [-0.05, 0) is 18.6 Å². The van der Waals surface area contributed by atoms with Crippen LogP contribution in [0.5, 0.6) is 0 Å². The first-order chi connectivity index (χ1) is 13.1. The lowest BCUT2D eigenvalue weighted by atomic mass is 10.2. The van der Waals surface area contributed by atoms with E-state index in [1.807, 2.05) is 18.2 Å². The summed E-state index contributed by atoms with van der Waals surface area (Å²) in [4.78, 5) is 6.70. The van der Waals surface area contributed by atoms with Crippen molar-refractivity contribution in [2.75, 3.05) is 53.3 Å². The van der Waals surface area contributed by atoms with Gasteiger partial charge < -0.3 is 20.3 Å². The molecule has 2 aliphatic rings. The largest absolute Gasteiger partial charge is 0.378 e. The zero-order valence-corrected chi connectivity index (χ0v) is 15.7. The van der Waals surface area contributed by atoms with Crippen molar-refractivity contribution >= 4 is 33.0 Å². The quantitative estimate of drug-likeness (QED) is 0.774. The van der Waals surface area contributed by atoms with Crippen LogP contribution in [0.25, 0.3) is 0 Å². The van der Waals surface area contributed by atoms with Crippen LogP contribution in [0.4, 0.5) is 23.1 Å². The molecule has 2 aliphatic heterocycles. The number of hydrogen-bond acceptors (Lipinski definition) is 9. The Balaban J connectivity index is 1.49. The molecule has 0 spiro atoms. The Morgan fingerprint density at radius 2 is 2.00 bits per heavy atom. The summed E-state index contributed by atoms with van der Waals surface area (Å²) in [5.41, 5.74) is 2.00. The number of benzene rings is 1. The lowest BCUT2D eigenvalue weighted by molar-refractivity contribution is 0.123. The third kappa shape index (κ3) is 4.45.